The summed E-state index contributed by atoms with van der Waals surface area (Å²) in [5, 5.41) is 32.5. The van der Waals surface area contributed by atoms with Crippen molar-refractivity contribution in [2.24, 2.45) is 0 Å². The minimum Gasteiger partial charge on any atom is -0.507 e. The van der Waals surface area contributed by atoms with Gasteiger partial charge in [0.1, 0.15) is 11.5 Å². The molecule has 2 atom stereocenters. The summed E-state index contributed by atoms with van der Waals surface area (Å²) < 4.78 is 0. The monoisotopic (exact) mass is 338 g/mol. The summed E-state index contributed by atoms with van der Waals surface area (Å²) in [6, 6.07) is 6.37. The maximum Gasteiger partial charge on any atom is 0.169 e. The fourth-order valence-electron chi connectivity index (χ4n) is 4.25. The van der Waals surface area contributed by atoms with Crippen molar-refractivity contribution in [2.75, 3.05) is 0 Å². The Bertz CT molecular complexity index is 972. The van der Waals surface area contributed by atoms with Crippen LogP contribution in [0.4, 0.5) is 0 Å². The van der Waals surface area contributed by atoms with Crippen LogP contribution in [0.1, 0.15) is 48.0 Å². The fraction of sp³-hybridized carbons (Fsp3) is 0.300. The number of aromatic hydroxyl groups is 2. The van der Waals surface area contributed by atoms with Gasteiger partial charge in [-0.05, 0) is 42.0 Å². The van der Waals surface area contributed by atoms with Crippen molar-refractivity contribution in [3.05, 3.63) is 47.0 Å². The third kappa shape index (κ3) is 2.12. The molecule has 2 aromatic carbocycles. The smallest absolute Gasteiger partial charge is 0.169 e. The number of phenols is 2. The zero-order chi connectivity index (χ0) is 17.9. The van der Waals surface area contributed by atoms with Gasteiger partial charge in [0, 0.05) is 6.42 Å². The predicted molar refractivity (Wildman–Crippen MR) is 91.9 cm³/mol. The summed E-state index contributed by atoms with van der Waals surface area (Å²) in [4.78, 5) is 25.4. The Labute approximate surface area is 144 Å². The average Bonchev–Trinajstić information content (AvgIpc) is 2.52. The quantitative estimate of drug-likeness (QED) is 0.743. The van der Waals surface area contributed by atoms with E-state index >= 15 is 0 Å². The number of phenolic OH excluding ortho intramolecular Hbond substituents is 2. The molecule has 2 aliphatic carbocycles. The van der Waals surface area contributed by atoms with Gasteiger partial charge in [-0.2, -0.15) is 0 Å². The molecule has 3 N–H and O–H groups in total. The van der Waals surface area contributed by atoms with Crippen LogP contribution in [-0.4, -0.2) is 32.5 Å². The van der Waals surface area contributed by atoms with Crippen molar-refractivity contribution in [3.63, 3.8) is 0 Å². The molecule has 0 amide bonds. The van der Waals surface area contributed by atoms with Crippen LogP contribution in [0.15, 0.2) is 35.9 Å². The van der Waals surface area contributed by atoms with Crippen molar-refractivity contribution in [1.29, 1.82) is 0 Å². The summed E-state index contributed by atoms with van der Waals surface area (Å²) in [7, 11) is 0. The Kier molecular flexibility index (Phi) is 3.27. The number of aliphatic hydroxyl groups is 1. The SMILES string of the molecule is CCC1=CC(=O)[C@@H]2c3cc4cccc(O)c4c(O)c3C(=O)C[C@]2(O)C1. The topological polar surface area (TPSA) is 94.8 Å². The van der Waals surface area contributed by atoms with Crippen LogP contribution < -0.4 is 0 Å². The first-order chi connectivity index (χ1) is 11.9. The van der Waals surface area contributed by atoms with Crippen LogP contribution >= 0.6 is 0 Å². The molecule has 0 saturated carbocycles. The normalized spacial score (nSPS) is 25.5. The molecular formula is C20H18O5. The number of Topliss-reactive ketones (excluding diaryl/α,β-unsaturated/α-hetero) is 1. The van der Waals surface area contributed by atoms with Crippen LogP contribution in [0.2, 0.25) is 0 Å². The van der Waals surface area contributed by atoms with Gasteiger partial charge in [0.15, 0.2) is 11.6 Å². The lowest BCUT2D eigenvalue weighted by atomic mass is 9.63. The van der Waals surface area contributed by atoms with Crippen LogP contribution in [0.3, 0.4) is 0 Å². The van der Waals surface area contributed by atoms with Gasteiger partial charge in [-0.1, -0.05) is 24.6 Å². The van der Waals surface area contributed by atoms with Crippen LogP contribution in [-0.2, 0) is 4.79 Å². The van der Waals surface area contributed by atoms with Gasteiger partial charge in [0.25, 0.3) is 0 Å². The van der Waals surface area contributed by atoms with Crippen LogP contribution in [0.25, 0.3) is 10.8 Å². The fourth-order valence-corrected chi connectivity index (χ4v) is 4.25. The minimum absolute atomic E-state index is 0.0328. The molecule has 2 aliphatic rings. The maximum absolute atomic E-state index is 12.7. The first-order valence-corrected chi connectivity index (χ1v) is 8.32. The number of hydrogen-bond acceptors (Lipinski definition) is 5. The summed E-state index contributed by atoms with van der Waals surface area (Å²) >= 11 is 0. The lowest BCUT2D eigenvalue weighted by Gasteiger charge is -2.42. The highest BCUT2D eigenvalue weighted by Gasteiger charge is 2.51. The Morgan fingerprint density at radius 1 is 1.20 bits per heavy atom. The van der Waals surface area contributed by atoms with E-state index < -0.39 is 17.3 Å². The molecule has 0 bridgehead atoms. The van der Waals surface area contributed by atoms with Crippen molar-refractivity contribution < 1.29 is 24.9 Å². The summed E-state index contributed by atoms with van der Waals surface area (Å²) in [6.07, 6.45) is 2.23. The standard InChI is InChI=1S/C20H18O5/c1-2-10-6-14(22)18-12-7-11-4-3-5-13(21)16(11)19(24)17(12)15(23)9-20(18,25)8-10/h3-7,18,21,24-25H,2,8-9H2,1H3/t18-,20+/m0/s1. The average molecular weight is 338 g/mol. The number of fused-ring (bicyclic) bond motifs is 4. The Morgan fingerprint density at radius 2 is 1.96 bits per heavy atom. The number of carbonyl (C=O) groups excluding carboxylic acids is 2. The molecule has 0 aromatic heterocycles. The minimum atomic E-state index is -1.46. The molecule has 2 aromatic rings. The second-order valence-corrected chi connectivity index (χ2v) is 6.94. The van der Waals surface area contributed by atoms with Gasteiger partial charge in [0.05, 0.1) is 22.5 Å². The number of rotatable bonds is 1. The first kappa shape index (κ1) is 15.8. The van der Waals surface area contributed by atoms with E-state index in [9.17, 15) is 24.9 Å². The van der Waals surface area contributed by atoms with Gasteiger partial charge in [-0.25, -0.2) is 0 Å². The summed E-state index contributed by atoms with van der Waals surface area (Å²) in [5.74, 6) is -2.00. The van der Waals surface area contributed by atoms with Crippen LogP contribution in [0.5, 0.6) is 11.5 Å². The van der Waals surface area contributed by atoms with E-state index in [4.69, 9.17) is 0 Å². The van der Waals surface area contributed by atoms with E-state index in [1.165, 1.54) is 6.07 Å². The van der Waals surface area contributed by atoms with Crippen molar-refractivity contribution in [1.82, 2.24) is 0 Å². The van der Waals surface area contributed by atoms with E-state index in [1.54, 1.807) is 24.3 Å². The first-order valence-electron chi connectivity index (χ1n) is 8.32. The van der Waals surface area contributed by atoms with Crippen molar-refractivity contribution in [2.45, 2.75) is 37.7 Å². The molecule has 0 radical (unpaired) electrons. The van der Waals surface area contributed by atoms with Crippen molar-refractivity contribution in [3.8, 4) is 11.5 Å². The lowest BCUT2D eigenvalue weighted by molar-refractivity contribution is -0.123. The lowest BCUT2D eigenvalue weighted by Crippen LogP contribution is -2.48. The maximum atomic E-state index is 12.7. The second-order valence-electron chi connectivity index (χ2n) is 6.94. The zero-order valence-corrected chi connectivity index (χ0v) is 13.7. The third-order valence-electron chi connectivity index (χ3n) is 5.36. The Balaban J connectivity index is 2.04. The molecule has 25 heavy (non-hydrogen) atoms. The van der Waals surface area contributed by atoms with Gasteiger partial charge >= 0.3 is 0 Å². The molecule has 128 valence electrons. The second kappa shape index (κ2) is 5.17. The largest absolute Gasteiger partial charge is 0.507 e. The summed E-state index contributed by atoms with van der Waals surface area (Å²) in [5.41, 5.74) is -0.267. The van der Waals surface area contributed by atoms with Crippen molar-refractivity contribution >= 4 is 22.3 Å². The molecule has 0 heterocycles. The van der Waals surface area contributed by atoms with Gasteiger partial charge in [-0.3, -0.25) is 9.59 Å². The molecule has 0 unspecified atom stereocenters. The Morgan fingerprint density at radius 3 is 2.68 bits per heavy atom. The van der Waals surface area contributed by atoms with E-state index in [-0.39, 0.29) is 41.1 Å². The highest BCUT2D eigenvalue weighted by atomic mass is 16.3. The van der Waals surface area contributed by atoms with E-state index in [0.717, 1.165) is 5.57 Å². The molecular weight excluding hydrogens is 320 g/mol. The van der Waals surface area contributed by atoms with Gasteiger partial charge in [-0.15, -0.1) is 0 Å². The third-order valence-corrected chi connectivity index (χ3v) is 5.36. The molecule has 5 nitrogen and oxygen atoms in total. The highest BCUT2D eigenvalue weighted by Crippen LogP contribution is 2.50. The molecule has 0 saturated heterocycles. The summed E-state index contributed by atoms with van der Waals surface area (Å²) in [6.45, 7) is 1.91. The van der Waals surface area contributed by atoms with Gasteiger partial charge in [0.2, 0.25) is 0 Å². The number of ketones is 2. The van der Waals surface area contributed by atoms with Crippen LogP contribution in [0, 0.1) is 0 Å². The molecule has 0 fully saturated rings. The van der Waals surface area contributed by atoms with E-state index in [2.05, 4.69) is 0 Å². The predicted octanol–water partition coefficient (Wildman–Crippen LogP) is 2.96. The zero-order valence-electron chi connectivity index (χ0n) is 13.7. The molecule has 0 spiro atoms. The Hall–Kier alpha value is -2.66. The van der Waals surface area contributed by atoms with E-state index in [1.807, 2.05) is 6.92 Å². The number of hydrogen-bond donors (Lipinski definition) is 3. The number of carbonyl (C=O) groups is 2. The highest BCUT2D eigenvalue weighted by molar-refractivity contribution is 6.13. The molecule has 0 aliphatic heterocycles. The van der Waals surface area contributed by atoms with Gasteiger partial charge < -0.3 is 15.3 Å². The van der Waals surface area contributed by atoms with E-state index in [0.29, 0.717) is 17.4 Å². The molecule has 5 heteroatoms. The molecule has 4 rings (SSSR count). The number of allylic oxidation sites excluding steroid dienone is 1. The number of benzene rings is 2.